The summed E-state index contributed by atoms with van der Waals surface area (Å²) >= 11 is 5.73. The predicted molar refractivity (Wildman–Crippen MR) is 74.3 cm³/mol. The summed E-state index contributed by atoms with van der Waals surface area (Å²) in [4.78, 5) is 21.1. The Morgan fingerprint density at radius 3 is 2.75 bits per heavy atom. The van der Waals surface area contributed by atoms with Crippen molar-refractivity contribution in [2.24, 2.45) is 0 Å². The smallest absolute Gasteiger partial charge is 0.277 e. The number of halogens is 1. The molecule has 2 rings (SSSR count). The Balaban J connectivity index is 2.18. The van der Waals surface area contributed by atoms with E-state index in [1.165, 1.54) is 6.07 Å². The highest BCUT2D eigenvalue weighted by Crippen LogP contribution is 2.24. The standard InChI is InChI=1S/C14H10ClNO4/c15-12-5-4-11(14(7-12)16(18)19)9-20-13-3-1-2-10(6-13)8-17/h1-8H,9H2. The lowest BCUT2D eigenvalue weighted by Gasteiger charge is -2.07. The summed E-state index contributed by atoms with van der Waals surface area (Å²) in [5.74, 6) is 0.471. The first-order chi connectivity index (χ1) is 9.60. The van der Waals surface area contributed by atoms with Crippen LogP contribution < -0.4 is 4.74 Å². The first-order valence-corrected chi connectivity index (χ1v) is 6.09. The van der Waals surface area contributed by atoms with Gasteiger partial charge in [0.25, 0.3) is 5.69 Å². The average molecular weight is 292 g/mol. The largest absolute Gasteiger partial charge is 0.489 e. The van der Waals surface area contributed by atoms with E-state index in [1.807, 2.05) is 0 Å². The molecule has 5 nitrogen and oxygen atoms in total. The molecular weight excluding hydrogens is 282 g/mol. The van der Waals surface area contributed by atoms with Gasteiger partial charge in [-0.25, -0.2) is 0 Å². The number of ether oxygens (including phenoxy) is 1. The van der Waals surface area contributed by atoms with Gasteiger partial charge in [0, 0.05) is 16.7 Å². The number of nitro benzene ring substituents is 1. The molecule has 0 unspecified atom stereocenters. The van der Waals surface area contributed by atoms with Crippen molar-refractivity contribution in [3.63, 3.8) is 0 Å². The van der Waals surface area contributed by atoms with Gasteiger partial charge in [0.15, 0.2) is 0 Å². The number of benzene rings is 2. The van der Waals surface area contributed by atoms with E-state index in [9.17, 15) is 14.9 Å². The third-order valence-corrected chi connectivity index (χ3v) is 2.87. The maximum absolute atomic E-state index is 10.9. The van der Waals surface area contributed by atoms with Crippen molar-refractivity contribution in [1.29, 1.82) is 0 Å². The quantitative estimate of drug-likeness (QED) is 0.479. The number of carbonyl (C=O) groups is 1. The first kappa shape index (κ1) is 14.0. The van der Waals surface area contributed by atoms with Crippen LogP contribution in [0.4, 0.5) is 5.69 Å². The van der Waals surface area contributed by atoms with Crippen molar-refractivity contribution in [2.75, 3.05) is 0 Å². The number of hydrogen-bond acceptors (Lipinski definition) is 4. The number of nitrogens with zero attached hydrogens (tertiary/aromatic N) is 1. The van der Waals surface area contributed by atoms with E-state index in [0.29, 0.717) is 28.2 Å². The molecule has 20 heavy (non-hydrogen) atoms. The summed E-state index contributed by atoms with van der Waals surface area (Å²) < 4.78 is 5.46. The van der Waals surface area contributed by atoms with Gasteiger partial charge in [-0.15, -0.1) is 0 Å². The third kappa shape index (κ3) is 3.33. The maximum atomic E-state index is 10.9. The van der Waals surface area contributed by atoms with Gasteiger partial charge in [0.05, 0.1) is 10.5 Å². The summed E-state index contributed by atoms with van der Waals surface area (Å²) in [7, 11) is 0. The van der Waals surface area contributed by atoms with E-state index < -0.39 is 4.92 Å². The van der Waals surface area contributed by atoms with Gasteiger partial charge < -0.3 is 4.74 Å². The Bertz CT molecular complexity index is 657. The molecule has 0 bridgehead atoms. The van der Waals surface area contributed by atoms with Crippen molar-refractivity contribution in [3.8, 4) is 5.75 Å². The summed E-state index contributed by atoms with van der Waals surface area (Å²) in [6.07, 6.45) is 0.706. The molecule has 0 amide bonds. The Labute approximate surface area is 119 Å². The zero-order valence-corrected chi connectivity index (χ0v) is 11.0. The number of hydrogen-bond donors (Lipinski definition) is 0. The van der Waals surface area contributed by atoms with Crippen LogP contribution in [0.5, 0.6) is 5.75 Å². The fourth-order valence-electron chi connectivity index (χ4n) is 1.67. The molecule has 0 fully saturated rings. The molecule has 102 valence electrons. The molecule has 0 N–H and O–H groups in total. The highest BCUT2D eigenvalue weighted by molar-refractivity contribution is 6.30. The normalized spacial score (nSPS) is 10.1. The highest BCUT2D eigenvalue weighted by Gasteiger charge is 2.14. The Morgan fingerprint density at radius 2 is 2.05 bits per heavy atom. The molecule has 0 atom stereocenters. The van der Waals surface area contributed by atoms with Crippen molar-refractivity contribution in [1.82, 2.24) is 0 Å². The fourth-order valence-corrected chi connectivity index (χ4v) is 1.83. The van der Waals surface area contributed by atoms with Crippen molar-refractivity contribution in [2.45, 2.75) is 6.61 Å². The molecule has 0 heterocycles. The SMILES string of the molecule is O=Cc1cccc(OCc2ccc(Cl)cc2[N+](=O)[O-])c1. The number of nitro groups is 1. The molecule has 2 aromatic rings. The number of rotatable bonds is 5. The monoisotopic (exact) mass is 291 g/mol. The van der Waals surface area contributed by atoms with Crippen LogP contribution in [0.3, 0.4) is 0 Å². The maximum Gasteiger partial charge on any atom is 0.277 e. The molecular formula is C14H10ClNO4. The molecule has 6 heteroatoms. The Hall–Kier alpha value is -2.40. The minimum Gasteiger partial charge on any atom is -0.489 e. The van der Waals surface area contributed by atoms with Gasteiger partial charge in [0.2, 0.25) is 0 Å². The van der Waals surface area contributed by atoms with E-state index in [-0.39, 0.29) is 12.3 Å². The molecule has 0 spiro atoms. The summed E-state index contributed by atoms with van der Waals surface area (Å²) in [6.45, 7) is 0.0236. The van der Waals surface area contributed by atoms with Crippen LogP contribution >= 0.6 is 11.6 Å². The van der Waals surface area contributed by atoms with Crippen LogP contribution in [0.1, 0.15) is 15.9 Å². The number of carbonyl (C=O) groups excluding carboxylic acids is 1. The van der Waals surface area contributed by atoms with E-state index in [2.05, 4.69) is 0 Å². The molecule has 0 saturated carbocycles. The topological polar surface area (TPSA) is 69.4 Å². The molecule has 2 aromatic carbocycles. The van der Waals surface area contributed by atoms with E-state index >= 15 is 0 Å². The lowest BCUT2D eigenvalue weighted by molar-refractivity contribution is -0.385. The van der Waals surface area contributed by atoms with Crippen LogP contribution in [-0.4, -0.2) is 11.2 Å². The summed E-state index contributed by atoms with van der Waals surface area (Å²) in [5.41, 5.74) is 0.799. The molecule has 0 radical (unpaired) electrons. The van der Waals surface area contributed by atoms with Gasteiger partial charge in [-0.05, 0) is 24.3 Å². The van der Waals surface area contributed by atoms with E-state index in [4.69, 9.17) is 16.3 Å². The minimum atomic E-state index is -0.508. The highest BCUT2D eigenvalue weighted by atomic mass is 35.5. The second-order valence-corrected chi connectivity index (χ2v) is 4.45. The van der Waals surface area contributed by atoms with Gasteiger partial charge >= 0.3 is 0 Å². The summed E-state index contributed by atoms with van der Waals surface area (Å²) in [5, 5.41) is 11.2. The van der Waals surface area contributed by atoms with E-state index in [0.717, 1.165) is 0 Å². The zero-order valence-electron chi connectivity index (χ0n) is 10.3. The van der Waals surface area contributed by atoms with Crippen LogP contribution in [0, 0.1) is 10.1 Å². The van der Waals surface area contributed by atoms with E-state index in [1.54, 1.807) is 36.4 Å². The minimum absolute atomic E-state index is 0.0236. The van der Waals surface area contributed by atoms with Crippen LogP contribution in [0.25, 0.3) is 0 Å². The van der Waals surface area contributed by atoms with Crippen molar-refractivity contribution >= 4 is 23.6 Å². The van der Waals surface area contributed by atoms with Crippen LogP contribution in [0.2, 0.25) is 5.02 Å². The molecule has 0 saturated heterocycles. The Morgan fingerprint density at radius 1 is 1.25 bits per heavy atom. The molecule has 0 aliphatic carbocycles. The third-order valence-electron chi connectivity index (χ3n) is 2.63. The molecule has 0 aromatic heterocycles. The lowest BCUT2D eigenvalue weighted by atomic mass is 10.2. The van der Waals surface area contributed by atoms with Crippen molar-refractivity contribution < 1.29 is 14.5 Å². The number of aldehydes is 1. The summed E-state index contributed by atoms with van der Waals surface area (Å²) in [6, 6.07) is 10.9. The second-order valence-electron chi connectivity index (χ2n) is 4.01. The van der Waals surface area contributed by atoms with Gasteiger partial charge in [-0.2, -0.15) is 0 Å². The molecule has 0 aliphatic heterocycles. The average Bonchev–Trinajstić information content (AvgIpc) is 2.46. The van der Waals surface area contributed by atoms with Crippen LogP contribution in [0.15, 0.2) is 42.5 Å². The zero-order chi connectivity index (χ0) is 14.5. The fraction of sp³-hybridized carbons (Fsp3) is 0.0714. The van der Waals surface area contributed by atoms with Crippen LogP contribution in [-0.2, 0) is 6.61 Å². The molecule has 0 aliphatic rings. The van der Waals surface area contributed by atoms with Gasteiger partial charge in [-0.3, -0.25) is 14.9 Å². The van der Waals surface area contributed by atoms with Gasteiger partial charge in [-0.1, -0.05) is 23.7 Å². The lowest BCUT2D eigenvalue weighted by Crippen LogP contribution is -2.00. The second kappa shape index (κ2) is 6.16. The Kier molecular flexibility index (Phi) is 4.32. The predicted octanol–water partition coefficient (Wildman–Crippen LogP) is 3.64. The van der Waals surface area contributed by atoms with Gasteiger partial charge in [0.1, 0.15) is 18.6 Å². The first-order valence-electron chi connectivity index (χ1n) is 5.71. The van der Waals surface area contributed by atoms with Crippen molar-refractivity contribution in [3.05, 3.63) is 68.7 Å².